The molecule has 0 aliphatic heterocycles. The van der Waals surface area contributed by atoms with Crippen molar-refractivity contribution in [3.63, 3.8) is 0 Å². The van der Waals surface area contributed by atoms with Crippen molar-refractivity contribution in [2.45, 2.75) is 24.9 Å². The minimum atomic E-state index is -0.367. The number of aryl methyl sites for hydroxylation is 2. The molecule has 0 aromatic heterocycles. The predicted octanol–water partition coefficient (Wildman–Crippen LogP) is 4.58. The number of halogens is 1. The summed E-state index contributed by atoms with van der Waals surface area (Å²) in [6, 6.07) is 14.0. The van der Waals surface area contributed by atoms with Crippen molar-refractivity contribution in [2.75, 3.05) is 0 Å². The summed E-state index contributed by atoms with van der Waals surface area (Å²) in [6.07, 6.45) is -0.367. The molecule has 0 radical (unpaired) electrons. The molecule has 0 bridgehead atoms. The predicted molar refractivity (Wildman–Crippen MR) is 95.9 cm³/mol. The summed E-state index contributed by atoms with van der Waals surface area (Å²) in [5, 5.41) is 3.83. The second-order valence-electron chi connectivity index (χ2n) is 4.83. The highest BCUT2D eigenvalue weighted by molar-refractivity contribution is 8.23. The van der Waals surface area contributed by atoms with E-state index >= 15 is 0 Å². The third-order valence-electron chi connectivity index (χ3n) is 3.06. The second-order valence-corrected chi connectivity index (χ2v) is 6.99. The van der Waals surface area contributed by atoms with E-state index in [0.29, 0.717) is 9.34 Å². The van der Waals surface area contributed by atoms with E-state index in [2.05, 4.69) is 24.4 Å². The number of hydrogen-bond acceptors (Lipinski definition) is 3. The van der Waals surface area contributed by atoms with Crippen molar-refractivity contribution in [3.05, 3.63) is 64.2 Å². The summed E-state index contributed by atoms with van der Waals surface area (Å²) in [6.45, 7) is 4.02. The zero-order valence-corrected chi connectivity index (χ0v) is 14.3. The fourth-order valence-corrected chi connectivity index (χ4v) is 3.03. The molecule has 1 unspecified atom stereocenters. The highest BCUT2D eigenvalue weighted by Crippen LogP contribution is 2.22. The Morgan fingerprint density at radius 2 is 1.86 bits per heavy atom. The van der Waals surface area contributed by atoms with Gasteiger partial charge in [-0.2, -0.15) is 0 Å². The van der Waals surface area contributed by atoms with Gasteiger partial charge in [-0.25, -0.2) is 0 Å². The van der Waals surface area contributed by atoms with Crippen LogP contribution in [0, 0.1) is 13.8 Å². The highest BCUT2D eigenvalue weighted by atomic mass is 35.5. The molecule has 1 atom stereocenters. The summed E-state index contributed by atoms with van der Waals surface area (Å²) < 4.78 is 0.642. The molecular weight excluding hydrogens is 320 g/mol. The number of nitrogens with two attached hydrogens (primary N) is 1. The number of nitrogens with one attached hydrogen (secondary N) is 1. The third-order valence-corrected chi connectivity index (χ3v) is 4.65. The fraction of sp³-hybridized carbons (Fsp3) is 0.188. The number of rotatable bonds is 3. The van der Waals surface area contributed by atoms with Gasteiger partial charge in [0.05, 0.1) is 0 Å². The van der Waals surface area contributed by atoms with Crippen LogP contribution in [0.5, 0.6) is 0 Å². The van der Waals surface area contributed by atoms with Crippen molar-refractivity contribution in [1.29, 1.82) is 0 Å². The van der Waals surface area contributed by atoms with Gasteiger partial charge in [0.1, 0.15) is 10.5 Å². The number of thiocarbonyl (C=S) groups is 1. The maximum Gasteiger partial charge on any atom is 0.140 e. The molecule has 0 fully saturated rings. The van der Waals surface area contributed by atoms with E-state index in [1.54, 1.807) is 0 Å². The Morgan fingerprint density at radius 3 is 2.48 bits per heavy atom. The van der Waals surface area contributed by atoms with Crippen LogP contribution >= 0.6 is 35.6 Å². The summed E-state index contributed by atoms with van der Waals surface area (Å²) in [5.41, 5.74) is 9.29. The molecule has 5 heteroatoms. The van der Waals surface area contributed by atoms with Crippen LogP contribution in [0.25, 0.3) is 0 Å². The van der Waals surface area contributed by atoms with Gasteiger partial charge in [-0.05, 0) is 43.2 Å². The highest BCUT2D eigenvalue weighted by Gasteiger charge is 2.09. The Labute approximate surface area is 140 Å². The molecule has 2 nitrogen and oxygen atoms in total. The van der Waals surface area contributed by atoms with Gasteiger partial charge in [-0.1, -0.05) is 65.4 Å². The van der Waals surface area contributed by atoms with Crippen molar-refractivity contribution < 1.29 is 0 Å². The zero-order valence-electron chi connectivity index (χ0n) is 11.9. The van der Waals surface area contributed by atoms with Gasteiger partial charge in [0.15, 0.2) is 0 Å². The topological polar surface area (TPSA) is 38.0 Å². The molecule has 0 saturated heterocycles. The molecular formula is C16H17ClN2S2. The smallest absolute Gasteiger partial charge is 0.140 e. The van der Waals surface area contributed by atoms with Gasteiger partial charge >= 0.3 is 0 Å². The van der Waals surface area contributed by atoms with Crippen LogP contribution in [0.1, 0.15) is 22.9 Å². The molecule has 0 saturated carbocycles. The third kappa shape index (κ3) is 4.71. The minimum Gasteiger partial charge on any atom is -0.352 e. The number of thioether (sulfide) groups is 1. The molecule has 3 N–H and O–H groups in total. The van der Waals surface area contributed by atoms with E-state index in [1.807, 2.05) is 37.3 Å². The molecule has 110 valence electrons. The Kier molecular flexibility index (Phi) is 5.65. The first-order chi connectivity index (χ1) is 9.95. The Balaban J connectivity index is 1.98. The average Bonchev–Trinajstić information content (AvgIpc) is 2.44. The molecule has 0 spiro atoms. The van der Waals surface area contributed by atoms with Crippen LogP contribution in [0.2, 0.25) is 5.02 Å². The Hall–Kier alpha value is -1.07. The van der Waals surface area contributed by atoms with E-state index in [4.69, 9.17) is 29.6 Å². The quantitative estimate of drug-likeness (QED) is 0.489. The maximum atomic E-state index is 6.12. The van der Waals surface area contributed by atoms with Crippen molar-refractivity contribution >= 4 is 39.9 Å². The molecule has 0 heterocycles. The fourth-order valence-electron chi connectivity index (χ4n) is 1.76. The lowest BCUT2D eigenvalue weighted by Gasteiger charge is -2.16. The maximum absolute atomic E-state index is 6.12. The monoisotopic (exact) mass is 336 g/mol. The van der Waals surface area contributed by atoms with E-state index in [9.17, 15) is 0 Å². The Morgan fingerprint density at radius 1 is 1.19 bits per heavy atom. The van der Waals surface area contributed by atoms with Gasteiger partial charge < -0.3 is 11.1 Å². The first kappa shape index (κ1) is 16.3. The van der Waals surface area contributed by atoms with Crippen molar-refractivity contribution in [3.8, 4) is 0 Å². The summed E-state index contributed by atoms with van der Waals surface area (Å²) in [4.78, 5) is 1.09. The van der Waals surface area contributed by atoms with E-state index in [0.717, 1.165) is 16.0 Å². The van der Waals surface area contributed by atoms with Gasteiger partial charge in [-0.3, -0.25) is 0 Å². The number of hydrogen-bond donors (Lipinski definition) is 2. The second kappa shape index (κ2) is 7.27. The lowest BCUT2D eigenvalue weighted by Crippen LogP contribution is -2.31. The van der Waals surface area contributed by atoms with E-state index < -0.39 is 0 Å². The standard InChI is InChI=1S/C16H17ClN2S2/c1-10-3-7-13(8-4-10)21-16(20)19-15(18)12-6-5-11(2)14(17)9-12/h3-9,15H,18H2,1-2H3,(H,19,20). The molecule has 0 aliphatic carbocycles. The molecule has 21 heavy (non-hydrogen) atoms. The lowest BCUT2D eigenvalue weighted by atomic mass is 10.1. The Bertz CT molecular complexity index is 641. The normalized spacial score (nSPS) is 12.0. The average molecular weight is 337 g/mol. The van der Waals surface area contributed by atoms with Gasteiger partial charge in [-0.15, -0.1) is 0 Å². The van der Waals surface area contributed by atoms with Gasteiger partial charge in [0, 0.05) is 9.92 Å². The van der Waals surface area contributed by atoms with Crippen LogP contribution in [0.15, 0.2) is 47.4 Å². The molecule has 0 aliphatic rings. The van der Waals surface area contributed by atoms with Crippen LogP contribution in [-0.2, 0) is 0 Å². The first-order valence-corrected chi connectivity index (χ1v) is 8.12. The van der Waals surface area contributed by atoms with Crippen LogP contribution in [0.3, 0.4) is 0 Å². The van der Waals surface area contributed by atoms with Gasteiger partial charge in [0.25, 0.3) is 0 Å². The first-order valence-electron chi connectivity index (χ1n) is 6.52. The summed E-state index contributed by atoms with van der Waals surface area (Å²) in [5.74, 6) is 0. The largest absolute Gasteiger partial charge is 0.352 e. The SMILES string of the molecule is Cc1ccc(SC(=S)NC(N)c2ccc(C)c(Cl)c2)cc1. The zero-order chi connectivity index (χ0) is 15.4. The van der Waals surface area contributed by atoms with Crippen LogP contribution in [0.4, 0.5) is 0 Å². The molecule has 2 rings (SSSR count). The molecule has 2 aromatic carbocycles. The van der Waals surface area contributed by atoms with Gasteiger partial charge in [0.2, 0.25) is 0 Å². The van der Waals surface area contributed by atoms with Crippen LogP contribution in [-0.4, -0.2) is 4.32 Å². The summed E-state index contributed by atoms with van der Waals surface area (Å²) in [7, 11) is 0. The van der Waals surface area contributed by atoms with E-state index in [1.165, 1.54) is 17.3 Å². The number of benzene rings is 2. The van der Waals surface area contributed by atoms with E-state index in [-0.39, 0.29) is 6.17 Å². The van der Waals surface area contributed by atoms with Crippen molar-refractivity contribution in [1.82, 2.24) is 5.32 Å². The molecule has 0 amide bonds. The molecule has 2 aromatic rings. The van der Waals surface area contributed by atoms with Crippen LogP contribution < -0.4 is 11.1 Å². The van der Waals surface area contributed by atoms with Crippen molar-refractivity contribution in [2.24, 2.45) is 5.73 Å². The summed E-state index contributed by atoms with van der Waals surface area (Å²) >= 11 is 13.0. The minimum absolute atomic E-state index is 0.367. The lowest BCUT2D eigenvalue weighted by molar-refractivity contribution is 0.693.